The van der Waals surface area contributed by atoms with Gasteiger partial charge in [-0.15, -0.1) is 0 Å². The predicted molar refractivity (Wildman–Crippen MR) is 95.3 cm³/mol. The number of carbonyl (C=O) groups is 2. The van der Waals surface area contributed by atoms with Crippen LogP contribution in [-0.4, -0.2) is 34.3 Å². The van der Waals surface area contributed by atoms with Gasteiger partial charge in [-0.2, -0.15) is 0 Å². The van der Waals surface area contributed by atoms with Gasteiger partial charge in [0, 0.05) is 10.0 Å². The molecule has 0 aromatic heterocycles. The Morgan fingerprint density at radius 1 is 1.38 bits per heavy atom. The minimum atomic E-state index is -0.681. The molecule has 2 aliphatic heterocycles. The van der Waals surface area contributed by atoms with E-state index in [1.807, 2.05) is 6.92 Å². The van der Waals surface area contributed by atoms with Gasteiger partial charge >= 0.3 is 5.97 Å². The molecule has 0 unspecified atom stereocenters. The van der Waals surface area contributed by atoms with Crippen LogP contribution in [0.4, 0.5) is 0 Å². The van der Waals surface area contributed by atoms with Crippen LogP contribution < -0.4 is 0 Å². The lowest BCUT2D eigenvalue weighted by Gasteiger charge is -2.33. The van der Waals surface area contributed by atoms with E-state index in [2.05, 4.69) is 4.99 Å². The minimum absolute atomic E-state index is 0.122. The Hall–Kier alpha value is -1.50. The summed E-state index contributed by atoms with van der Waals surface area (Å²) in [4.78, 5) is 30.9. The van der Waals surface area contributed by atoms with E-state index < -0.39 is 12.0 Å². The van der Waals surface area contributed by atoms with Gasteiger partial charge in [0.2, 0.25) is 5.91 Å². The molecule has 0 spiro atoms. The molecule has 2 aliphatic rings. The van der Waals surface area contributed by atoms with Gasteiger partial charge in [0.25, 0.3) is 0 Å². The number of carbonyl (C=O) groups excluding carboxylic acids is 2. The smallest absolute Gasteiger partial charge is 0.338 e. The highest BCUT2D eigenvalue weighted by Gasteiger charge is 2.46. The van der Waals surface area contributed by atoms with Crippen molar-refractivity contribution in [1.29, 1.82) is 0 Å². The van der Waals surface area contributed by atoms with Crippen molar-refractivity contribution >= 4 is 52.0 Å². The van der Waals surface area contributed by atoms with Crippen molar-refractivity contribution in [2.24, 2.45) is 4.99 Å². The lowest BCUT2D eigenvalue weighted by Crippen LogP contribution is -2.40. The van der Waals surface area contributed by atoms with E-state index >= 15 is 0 Å². The quantitative estimate of drug-likeness (QED) is 0.727. The van der Waals surface area contributed by atoms with Gasteiger partial charge in [0.1, 0.15) is 0 Å². The number of hydrogen-bond donors (Lipinski definition) is 0. The number of aliphatic imine (C=N–C) groups is 1. The molecular formula is C16H14Cl2N2O3S. The van der Waals surface area contributed by atoms with Gasteiger partial charge < -0.3 is 4.74 Å². The van der Waals surface area contributed by atoms with Crippen LogP contribution in [0.25, 0.3) is 0 Å². The van der Waals surface area contributed by atoms with Gasteiger partial charge in [0.05, 0.1) is 29.7 Å². The summed E-state index contributed by atoms with van der Waals surface area (Å²) in [5.41, 5.74) is 1.42. The van der Waals surface area contributed by atoms with Crippen molar-refractivity contribution in [2.45, 2.75) is 25.1 Å². The SMILES string of the molecule is COC(=O)C1=C(C)N=C2S[C@H](C)C(=O)N2[C@@H]1c1ccc(Cl)cc1Cl. The second kappa shape index (κ2) is 6.43. The molecule has 0 aliphatic carbocycles. The highest BCUT2D eigenvalue weighted by Crippen LogP contribution is 2.45. The summed E-state index contributed by atoms with van der Waals surface area (Å²) in [6.45, 7) is 3.53. The van der Waals surface area contributed by atoms with Crippen LogP contribution in [0, 0.1) is 0 Å². The zero-order valence-corrected chi connectivity index (χ0v) is 15.5. The number of fused-ring (bicyclic) bond motifs is 1. The zero-order chi connectivity index (χ0) is 17.6. The number of hydrogen-bond acceptors (Lipinski definition) is 5. The number of halogens is 2. The van der Waals surface area contributed by atoms with Gasteiger partial charge in [-0.05, 0) is 31.5 Å². The molecule has 126 valence electrons. The molecule has 2 heterocycles. The third-order valence-electron chi connectivity index (χ3n) is 3.92. The van der Waals surface area contributed by atoms with Crippen LogP contribution in [0.2, 0.25) is 10.0 Å². The first-order valence-electron chi connectivity index (χ1n) is 7.17. The molecule has 1 fully saturated rings. The van der Waals surface area contributed by atoms with Crippen molar-refractivity contribution in [3.8, 4) is 0 Å². The van der Waals surface area contributed by atoms with E-state index in [0.717, 1.165) is 0 Å². The Kier molecular flexibility index (Phi) is 4.64. The minimum Gasteiger partial charge on any atom is -0.466 e. The Bertz CT molecular complexity index is 807. The number of esters is 1. The fraction of sp³-hybridized carbons (Fsp3) is 0.312. The third-order valence-corrected chi connectivity index (χ3v) is 5.54. The van der Waals surface area contributed by atoms with Crippen molar-refractivity contribution in [3.63, 3.8) is 0 Å². The molecule has 2 atom stereocenters. The maximum atomic E-state index is 12.6. The van der Waals surface area contributed by atoms with Gasteiger partial charge in [-0.3, -0.25) is 9.69 Å². The molecule has 1 aromatic carbocycles. The van der Waals surface area contributed by atoms with Crippen molar-refractivity contribution in [2.75, 3.05) is 7.11 Å². The molecule has 0 N–H and O–H groups in total. The van der Waals surface area contributed by atoms with E-state index in [9.17, 15) is 9.59 Å². The number of amides is 1. The van der Waals surface area contributed by atoms with E-state index in [1.54, 1.807) is 25.1 Å². The zero-order valence-electron chi connectivity index (χ0n) is 13.2. The third kappa shape index (κ3) is 2.72. The first kappa shape index (κ1) is 17.3. The van der Waals surface area contributed by atoms with Crippen molar-refractivity contribution in [1.82, 2.24) is 4.90 Å². The average Bonchev–Trinajstić information content (AvgIpc) is 2.80. The summed E-state index contributed by atoms with van der Waals surface area (Å²) < 4.78 is 4.91. The molecule has 24 heavy (non-hydrogen) atoms. The van der Waals surface area contributed by atoms with E-state index in [-0.39, 0.29) is 11.2 Å². The normalized spacial score (nSPS) is 23.3. The molecule has 1 saturated heterocycles. The molecule has 3 rings (SSSR count). The number of allylic oxidation sites excluding steroid dienone is 1. The summed E-state index contributed by atoms with van der Waals surface area (Å²) in [7, 11) is 1.30. The topological polar surface area (TPSA) is 59.0 Å². The second-order valence-electron chi connectivity index (χ2n) is 5.42. The number of methoxy groups -OCH3 is 1. The largest absolute Gasteiger partial charge is 0.466 e. The number of nitrogens with zero attached hydrogens (tertiary/aromatic N) is 2. The summed E-state index contributed by atoms with van der Waals surface area (Å²) >= 11 is 13.7. The number of ether oxygens (including phenoxy) is 1. The molecule has 1 aromatic rings. The maximum absolute atomic E-state index is 12.6. The van der Waals surface area contributed by atoms with E-state index in [4.69, 9.17) is 27.9 Å². The monoisotopic (exact) mass is 384 g/mol. The maximum Gasteiger partial charge on any atom is 0.338 e. The molecule has 8 heteroatoms. The number of thioether (sulfide) groups is 1. The van der Waals surface area contributed by atoms with Crippen LogP contribution in [0.15, 0.2) is 34.5 Å². The van der Waals surface area contributed by atoms with Crippen LogP contribution in [0.3, 0.4) is 0 Å². The van der Waals surface area contributed by atoms with Crippen LogP contribution >= 0.6 is 35.0 Å². The van der Waals surface area contributed by atoms with Crippen LogP contribution in [0.1, 0.15) is 25.5 Å². The van der Waals surface area contributed by atoms with Crippen molar-refractivity contribution < 1.29 is 14.3 Å². The molecule has 0 bridgehead atoms. The Morgan fingerprint density at radius 3 is 2.71 bits per heavy atom. The highest BCUT2D eigenvalue weighted by molar-refractivity contribution is 8.15. The molecular weight excluding hydrogens is 371 g/mol. The van der Waals surface area contributed by atoms with Gasteiger partial charge in [0.15, 0.2) is 5.17 Å². The predicted octanol–water partition coefficient (Wildman–Crippen LogP) is 3.82. The van der Waals surface area contributed by atoms with Crippen LogP contribution in [0.5, 0.6) is 0 Å². The van der Waals surface area contributed by atoms with E-state index in [0.29, 0.717) is 32.0 Å². The van der Waals surface area contributed by atoms with Gasteiger partial charge in [-0.25, -0.2) is 9.79 Å². The first-order valence-corrected chi connectivity index (χ1v) is 8.81. The Balaban J connectivity index is 2.22. The molecule has 0 radical (unpaired) electrons. The fourth-order valence-electron chi connectivity index (χ4n) is 2.79. The van der Waals surface area contributed by atoms with Crippen molar-refractivity contribution in [3.05, 3.63) is 45.1 Å². The van der Waals surface area contributed by atoms with E-state index in [1.165, 1.54) is 23.8 Å². The number of rotatable bonds is 2. The molecule has 0 saturated carbocycles. The second-order valence-corrected chi connectivity index (χ2v) is 7.57. The average molecular weight is 385 g/mol. The van der Waals surface area contributed by atoms with Crippen LogP contribution in [-0.2, 0) is 14.3 Å². The Morgan fingerprint density at radius 2 is 2.08 bits per heavy atom. The summed E-state index contributed by atoms with van der Waals surface area (Å²) in [5, 5.41) is 1.14. The molecule has 5 nitrogen and oxygen atoms in total. The lowest BCUT2D eigenvalue weighted by molar-refractivity contribution is -0.137. The Labute approximate surface area is 153 Å². The molecule has 1 amide bonds. The number of benzene rings is 1. The first-order chi connectivity index (χ1) is 11.3. The summed E-state index contributed by atoms with van der Waals surface area (Å²) in [6, 6.07) is 4.30. The summed E-state index contributed by atoms with van der Waals surface area (Å²) in [5.74, 6) is -0.660. The lowest BCUT2D eigenvalue weighted by atomic mass is 9.94. The van der Waals surface area contributed by atoms with Gasteiger partial charge in [-0.1, -0.05) is 41.0 Å². The highest BCUT2D eigenvalue weighted by atomic mass is 35.5. The summed E-state index contributed by atoms with van der Waals surface area (Å²) in [6.07, 6.45) is 0. The standard InChI is InChI=1S/C16H14Cl2N2O3S/c1-7-12(15(22)23-3)13(10-5-4-9(17)6-11(10)18)20-14(21)8(2)24-16(20)19-7/h4-6,8,13H,1-3H3/t8-,13-/m1/s1. The number of amidine groups is 1. The fourth-order valence-corrected chi connectivity index (χ4v) is 4.33.